The van der Waals surface area contributed by atoms with E-state index in [1.54, 1.807) is 6.20 Å². The van der Waals surface area contributed by atoms with Crippen LogP contribution in [0.3, 0.4) is 0 Å². The maximum Gasteiger partial charge on any atom is 0.416 e. The smallest absolute Gasteiger partial charge is 0.376 e. The Kier molecular flexibility index (Phi) is 7.58. The highest BCUT2D eigenvalue weighted by Gasteiger charge is 2.34. The molecule has 0 spiro atoms. The van der Waals surface area contributed by atoms with Crippen molar-refractivity contribution < 1.29 is 18.0 Å². The second kappa shape index (κ2) is 11.1. The van der Waals surface area contributed by atoms with E-state index >= 15 is 0 Å². The molecule has 0 saturated carbocycles. The third-order valence-electron chi connectivity index (χ3n) is 6.96. The Morgan fingerprint density at radius 1 is 0.974 bits per heavy atom. The first-order valence-electron chi connectivity index (χ1n) is 12.8. The lowest BCUT2D eigenvalue weighted by Gasteiger charge is -2.33. The molecule has 1 saturated heterocycles. The fourth-order valence-electron chi connectivity index (χ4n) is 4.78. The molecule has 3 heterocycles. The van der Waals surface area contributed by atoms with Crippen LogP contribution < -0.4 is 10.6 Å². The van der Waals surface area contributed by atoms with E-state index < -0.39 is 17.6 Å². The molecule has 1 fully saturated rings. The summed E-state index contributed by atoms with van der Waals surface area (Å²) in [5.41, 5.74) is 4.18. The Morgan fingerprint density at radius 2 is 1.69 bits per heavy atom. The van der Waals surface area contributed by atoms with Gasteiger partial charge in [-0.3, -0.25) is 9.69 Å². The standard InChI is InChI=1S/C29H31F3N6O/c1-19-13-22-14-23(16-34-28(22)35-19)20-3-6-24(7-4-20)33-17-27(39)36-25-8-5-21(26(15-25)29(30,31)32)18-38-11-9-37(2)10-12-38/h3-8,13-16,33H,9-12,17-18H2,1-2H3,(H,34,35)(H,36,39). The normalized spacial score (nSPS) is 15.0. The Morgan fingerprint density at radius 3 is 2.41 bits per heavy atom. The number of hydrogen-bond acceptors (Lipinski definition) is 5. The zero-order valence-corrected chi connectivity index (χ0v) is 21.9. The van der Waals surface area contributed by atoms with Crippen LogP contribution >= 0.6 is 0 Å². The number of anilines is 2. The number of alkyl halides is 3. The summed E-state index contributed by atoms with van der Waals surface area (Å²) < 4.78 is 41.5. The highest BCUT2D eigenvalue weighted by molar-refractivity contribution is 5.94. The van der Waals surface area contributed by atoms with Crippen molar-refractivity contribution in [1.82, 2.24) is 19.8 Å². The average molecular weight is 537 g/mol. The van der Waals surface area contributed by atoms with Crippen molar-refractivity contribution in [3.63, 3.8) is 0 Å². The van der Waals surface area contributed by atoms with Gasteiger partial charge in [0.15, 0.2) is 0 Å². The minimum absolute atomic E-state index is 0.0834. The molecule has 204 valence electrons. The van der Waals surface area contributed by atoms with Crippen LogP contribution in [0, 0.1) is 6.92 Å². The van der Waals surface area contributed by atoms with Gasteiger partial charge in [0.05, 0.1) is 12.1 Å². The van der Waals surface area contributed by atoms with Crippen LogP contribution in [0.5, 0.6) is 0 Å². The first-order chi connectivity index (χ1) is 18.6. The number of aromatic amines is 1. The Labute approximate surface area is 225 Å². The molecule has 7 nitrogen and oxygen atoms in total. The molecule has 1 amide bonds. The van der Waals surface area contributed by atoms with Gasteiger partial charge in [0.25, 0.3) is 0 Å². The number of rotatable bonds is 7. The number of aromatic nitrogens is 2. The first-order valence-corrected chi connectivity index (χ1v) is 12.8. The van der Waals surface area contributed by atoms with E-state index in [-0.39, 0.29) is 24.3 Å². The van der Waals surface area contributed by atoms with Crippen molar-refractivity contribution in [1.29, 1.82) is 0 Å². The molecule has 10 heteroatoms. The second-order valence-electron chi connectivity index (χ2n) is 10.0. The minimum Gasteiger partial charge on any atom is -0.376 e. The molecule has 0 unspecified atom stereocenters. The van der Waals surface area contributed by atoms with Crippen LogP contribution in [0.25, 0.3) is 22.2 Å². The zero-order chi connectivity index (χ0) is 27.6. The van der Waals surface area contributed by atoms with Gasteiger partial charge in [-0.15, -0.1) is 0 Å². The van der Waals surface area contributed by atoms with Crippen LogP contribution in [0.2, 0.25) is 0 Å². The number of hydrogen-bond donors (Lipinski definition) is 3. The first kappa shape index (κ1) is 26.7. The number of benzene rings is 2. The van der Waals surface area contributed by atoms with Gasteiger partial charge in [-0.1, -0.05) is 18.2 Å². The number of piperazine rings is 1. The van der Waals surface area contributed by atoms with Crippen LogP contribution in [-0.2, 0) is 17.5 Å². The predicted octanol–water partition coefficient (Wildman–Crippen LogP) is 5.36. The van der Waals surface area contributed by atoms with Crippen LogP contribution in [-0.4, -0.2) is 65.4 Å². The molecule has 3 N–H and O–H groups in total. The number of H-pyrrole nitrogens is 1. The molecule has 0 bridgehead atoms. The lowest BCUT2D eigenvalue weighted by Crippen LogP contribution is -2.44. The Bertz CT molecular complexity index is 1460. The fraction of sp³-hybridized carbons (Fsp3) is 0.310. The maximum absolute atomic E-state index is 13.8. The third kappa shape index (κ3) is 6.58. The van der Waals surface area contributed by atoms with E-state index in [0.717, 1.165) is 65.8 Å². The van der Waals surface area contributed by atoms with Crippen LogP contribution in [0.1, 0.15) is 16.8 Å². The van der Waals surface area contributed by atoms with Crippen LogP contribution in [0.4, 0.5) is 24.5 Å². The van der Waals surface area contributed by atoms with Gasteiger partial charge in [-0.25, -0.2) is 4.98 Å². The Balaban J connectivity index is 1.19. The SMILES string of the molecule is Cc1cc2cc(-c3ccc(NCC(=O)Nc4ccc(CN5CCN(C)CC5)c(C(F)(F)F)c4)cc3)cnc2[nH]1. The average Bonchev–Trinajstić information content (AvgIpc) is 3.28. The molecule has 39 heavy (non-hydrogen) atoms. The summed E-state index contributed by atoms with van der Waals surface area (Å²) in [7, 11) is 2.00. The van der Waals surface area contributed by atoms with Gasteiger partial charge in [0, 0.05) is 66.9 Å². The van der Waals surface area contributed by atoms with Gasteiger partial charge in [-0.2, -0.15) is 13.2 Å². The topological polar surface area (TPSA) is 76.3 Å². The largest absolute Gasteiger partial charge is 0.416 e. The molecule has 2 aromatic carbocycles. The summed E-state index contributed by atoms with van der Waals surface area (Å²) in [4.78, 5) is 24.4. The van der Waals surface area contributed by atoms with E-state index in [4.69, 9.17) is 0 Å². The van der Waals surface area contributed by atoms with E-state index in [1.807, 2.05) is 49.2 Å². The quantitative estimate of drug-likeness (QED) is 0.297. The number of nitrogens with zero attached hydrogens (tertiary/aromatic N) is 3. The highest BCUT2D eigenvalue weighted by Crippen LogP contribution is 2.34. The summed E-state index contributed by atoms with van der Waals surface area (Å²) in [5.74, 6) is -0.434. The molecule has 0 atom stereocenters. The summed E-state index contributed by atoms with van der Waals surface area (Å²) in [6, 6.07) is 15.7. The number of carbonyl (C=O) groups excluding carboxylic acids is 1. The number of pyridine rings is 1. The Hall–Kier alpha value is -3.89. The molecular formula is C29H31F3N6O. The molecular weight excluding hydrogens is 505 g/mol. The number of halogens is 3. The number of aryl methyl sites for hydroxylation is 1. The number of nitrogens with one attached hydrogen (secondary N) is 3. The maximum atomic E-state index is 13.8. The number of carbonyl (C=O) groups is 1. The lowest BCUT2D eigenvalue weighted by atomic mass is 10.0. The van der Waals surface area contributed by atoms with E-state index in [0.29, 0.717) is 0 Å². The summed E-state index contributed by atoms with van der Waals surface area (Å²) >= 11 is 0. The predicted molar refractivity (Wildman–Crippen MR) is 148 cm³/mol. The molecule has 4 aromatic rings. The van der Waals surface area contributed by atoms with E-state index in [1.165, 1.54) is 12.1 Å². The summed E-state index contributed by atoms with van der Waals surface area (Å²) in [6.07, 6.45) is -2.71. The second-order valence-corrected chi connectivity index (χ2v) is 10.0. The van der Waals surface area contributed by atoms with Gasteiger partial charge in [0.2, 0.25) is 5.91 Å². The van der Waals surface area contributed by atoms with Crippen molar-refractivity contribution in [2.24, 2.45) is 0 Å². The molecule has 2 aromatic heterocycles. The van der Waals surface area contributed by atoms with Crippen molar-refractivity contribution in [3.8, 4) is 11.1 Å². The van der Waals surface area contributed by atoms with Gasteiger partial charge in [0.1, 0.15) is 5.65 Å². The molecule has 1 aliphatic heterocycles. The van der Waals surface area contributed by atoms with Crippen LogP contribution in [0.15, 0.2) is 60.8 Å². The van der Waals surface area contributed by atoms with E-state index in [2.05, 4.69) is 31.6 Å². The minimum atomic E-state index is -4.51. The van der Waals surface area contributed by atoms with Gasteiger partial charge >= 0.3 is 6.18 Å². The van der Waals surface area contributed by atoms with Crippen molar-refractivity contribution >= 4 is 28.3 Å². The highest BCUT2D eigenvalue weighted by atomic mass is 19.4. The number of likely N-dealkylation sites (N-methyl/N-ethyl adjacent to an activating group) is 1. The zero-order valence-electron chi connectivity index (χ0n) is 21.9. The van der Waals surface area contributed by atoms with Crippen molar-refractivity contribution in [2.45, 2.75) is 19.6 Å². The molecule has 5 rings (SSSR count). The summed E-state index contributed by atoms with van der Waals surface area (Å²) in [5, 5.41) is 6.64. The lowest BCUT2D eigenvalue weighted by molar-refractivity contribution is -0.138. The number of amides is 1. The fourth-order valence-corrected chi connectivity index (χ4v) is 4.78. The molecule has 0 aliphatic carbocycles. The molecule has 1 aliphatic rings. The third-order valence-corrected chi connectivity index (χ3v) is 6.96. The van der Waals surface area contributed by atoms with Crippen molar-refractivity contribution in [2.75, 3.05) is 50.4 Å². The van der Waals surface area contributed by atoms with Gasteiger partial charge < -0.3 is 20.5 Å². The van der Waals surface area contributed by atoms with E-state index in [9.17, 15) is 18.0 Å². The monoisotopic (exact) mass is 536 g/mol. The molecule has 0 radical (unpaired) electrons. The summed E-state index contributed by atoms with van der Waals surface area (Å²) in [6.45, 7) is 5.22. The number of fused-ring (bicyclic) bond motifs is 1. The van der Waals surface area contributed by atoms with Gasteiger partial charge in [-0.05, 0) is 61.5 Å². The van der Waals surface area contributed by atoms with Crippen molar-refractivity contribution in [3.05, 3.63) is 77.6 Å².